The number of cyclic esters (lactones) is 2. The van der Waals surface area contributed by atoms with E-state index in [1.54, 1.807) is 0 Å². The second-order valence-corrected chi connectivity index (χ2v) is 5.33. The molecule has 0 radical (unpaired) electrons. The Morgan fingerprint density at radius 3 is 1.67 bits per heavy atom. The Bertz CT molecular complexity index is 376. The lowest BCUT2D eigenvalue weighted by Gasteiger charge is -2.20. The first kappa shape index (κ1) is 12.4. The Hall–Kier alpha value is -0.590. The van der Waals surface area contributed by atoms with Gasteiger partial charge in [-0.05, 0) is 0 Å². The van der Waals surface area contributed by atoms with E-state index in [0.29, 0.717) is 0 Å². The minimum atomic E-state index is -1.86. The van der Waals surface area contributed by atoms with Gasteiger partial charge in [-0.3, -0.25) is 16.7 Å². The maximum Gasteiger partial charge on any atom is 0.509 e. The van der Waals surface area contributed by atoms with Gasteiger partial charge in [-0.1, -0.05) is 0 Å². The normalized spacial score (nSPS) is 48.1. The fourth-order valence-electron chi connectivity index (χ4n) is 1.82. The number of hydrogen-bond acceptors (Lipinski definition) is 9. The van der Waals surface area contributed by atoms with E-state index in [-0.39, 0.29) is 13.2 Å². The molecular weight excluding hydrogens is 292 g/mol. The fraction of sp³-hybridized carbons (Fsp3) is 0.857. The molecule has 0 spiro atoms. The summed E-state index contributed by atoms with van der Waals surface area (Å²) in [6.45, 7) is 0.00215. The molecule has 11 heteroatoms. The highest BCUT2D eigenvalue weighted by Crippen LogP contribution is 2.29. The van der Waals surface area contributed by atoms with Crippen molar-refractivity contribution in [1.29, 1.82) is 0 Å². The summed E-state index contributed by atoms with van der Waals surface area (Å²) in [5, 5.41) is 0. The molecule has 3 aliphatic heterocycles. The fourth-order valence-corrected chi connectivity index (χ4v) is 3.15. The van der Waals surface area contributed by atoms with Gasteiger partial charge in [-0.2, -0.15) is 8.42 Å². The van der Waals surface area contributed by atoms with Crippen molar-refractivity contribution in [2.24, 2.45) is 0 Å². The van der Waals surface area contributed by atoms with Crippen LogP contribution in [-0.4, -0.2) is 52.2 Å². The van der Waals surface area contributed by atoms with Crippen molar-refractivity contribution >= 4 is 28.9 Å². The van der Waals surface area contributed by atoms with Crippen LogP contribution in [0.25, 0.3) is 0 Å². The van der Waals surface area contributed by atoms with Gasteiger partial charge in [0.15, 0.2) is 12.2 Å². The number of rotatable bonds is 2. The Labute approximate surface area is 106 Å². The van der Waals surface area contributed by atoms with Crippen LogP contribution in [0.5, 0.6) is 0 Å². The molecule has 3 fully saturated rings. The van der Waals surface area contributed by atoms with Crippen LogP contribution in [0.2, 0.25) is 0 Å². The van der Waals surface area contributed by atoms with Crippen LogP contribution in [0.1, 0.15) is 0 Å². The van der Waals surface area contributed by atoms with Crippen LogP contribution >= 0.6 is 0 Å². The van der Waals surface area contributed by atoms with Crippen LogP contribution < -0.4 is 0 Å². The molecule has 3 rings (SSSR count). The van der Waals surface area contributed by atoms with Crippen molar-refractivity contribution in [3.8, 4) is 0 Å². The molecule has 0 aromatic carbocycles. The molecule has 0 N–H and O–H groups in total. The van der Waals surface area contributed by atoms with E-state index in [4.69, 9.17) is 26.2 Å². The van der Waals surface area contributed by atoms with Crippen molar-refractivity contribution < 1.29 is 39.4 Å². The molecule has 0 aliphatic carbocycles. The van der Waals surface area contributed by atoms with E-state index in [9.17, 15) is 13.2 Å². The van der Waals surface area contributed by atoms with Crippen LogP contribution in [0.4, 0.5) is 4.79 Å². The van der Waals surface area contributed by atoms with Gasteiger partial charge in [0.25, 0.3) is 0 Å². The van der Waals surface area contributed by atoms with Gasteiger partial charge < -0.3 is 9.47 Å². The topological polar surface area (TPSA) is 107 Å². The molecule has 0 aromatic heterocycles. The van der Waals surface area contributed by atoms with E-state index >= 15 is 0 Å². The third kappa shape index (κ3) is 2.29. The number of carbonyl (C=O) groups excluding carboxylic acids is 1. The van der Waals surface area contributed by atoms with E-state index < -0.39 is 53.3 Å². The molecule has 18 heavy (non-hydrogen) atoms. The van der Waals surface area contributed by atoms with Gasteiger partial charge in [0.2, 0.25) is 0 Å². The highest BCUT2D eigenvalue weighted by atomic mass is 32.2. The average molecular weight is 300 g/mol. The van der Waals surface area contributed by atoms with Gasteiger partial charge in [-0.25, -0.2) is 4.79 Å². The Morgan fingerprint density at radius 1 is 0.889 bits per heavy atom. The summed E-state index contributed by atoms with van der Waals surface area (Å²) in [5.41, 5.74) is 0. The van der Waals surface area contributed by atoms with E-state index in [0.717, 1.165) is 0 Å². The molecule has 3 aliphatic rings. The summed E-state index contributed by atoms with van der Waals surface area (Å²) in [6.07, 6.45) is -4.02. The van der Waals surface area contributed by atoms with Crippen LogP contribution in [-0.2, 0) is 48.9 Å². The largest absolute Gasteiger partial charge is 0.509 e. The van der Waals surface area contributed by atoms with Gasteiger partial charge in [0.1, 0.15) is 12.2 Å². The molecule has 3 saturated heterocycles. The summed E-state index contributed by atoms with van der Waals surface area (Å²) in [5.74, 6) is 0. The van der Waals surface area contributed by atoms with Crippen molar-refractivity contribution in [2.75, 3.05) is 13.2 Å². The highest BCUT2D eigenvalue weighted by molar-refractivity contribution is 7.75. The number of ether oxygens (including phenoxy) is 2. The third-order valence-corrected chi connectivity index (χ3v) is 4.05. The SMILES string of the molecule is O=C1OC(C2COS(=O)O2)C(C2COS(=O)O2)O1. The first-order valence-corrected chi connectivity index (χ1v) is 6.95. The molecule has 0 amide bonds. The molecule has 6 atom stereocenters. The third-order valence-electron chi connectivity index (χ3n) is 2.58. The second-order valence-electron chi connectivity index (χ2n) is 3.66. The first-order chi connectivity index (χ1) is 8.63. The van der Waals surface area contributed by atoms with E-state index in [1.807, 2.05) is 0 Å². The van der Waals surface area contributed by atoms with Crippen LogP contribution in [0, 0.1) is 0 Å². The molecule has 9 nitrogen and oxygen atoms in total. The summed E-state index contributed by atoms with van der Waals surface area (Å²) in [7, 11) is 0. The lowest BCUT2D eigenvalue weighted by molar-refractivity contribution is -0.00131. The van der Waals surface area contributed by atoms with E-state index in [2.05, 4.69) is 0 Å². The highest BCUT2D eigenvalue weighted by Gasteiger charge is 2.52. The Morgan fingerprint density at radius 2 is 1.33 bits per heavy atom. The van der Waals surface area contributed by atoms with Crippen molar-refractivity contribution in [1.82, 2.24) is 0 Å². The second kappa shape index (κ2) is 4.83. The van der Waals surface area contributed by atoms with Crippen molar-refractivity contribution in [3.05, 3.63) is 0 Å². The smallest absolute Gasteiger partial charge is 0.424 e. The summed E-state index contributed by atoms with van der Waals surface area (Å²) in [6, 6.07) is 0. The Kier molecular flexibility index (Phi) is 3.34. The van der Waals surface area contributed by atoms with Crippen LogP contribution in [0.3, 0.4) is 0 Å². The zero-order valence-electron chi connectivity index (χ0n) is 8.71. The van der Waals surface area contributed by atoms with Crippen LogP contribution in [0.15, 0.2) is 0 Å². The van der Waals surface area contributed by atoms with E-state index in [1.165, 1.54) is 0 Å². The average Bonchev–Trinajstić information content (AvgIpc) is 2.98. The lowest BCUT2D eigenvalue weighted by atomic mass is 10.0. The van der Waals surface area contributed by atoms with Gasteiger partial charge in [0, 0.05) is 0 Å². The zero-order valence-corrected chi connectivity index (χ0v) is 10.3. The summed E-state index contributed by atoms with van der Waals surface area (Å²) in [4.78, 5) is 11.2. The number of hydrogen-bond donors (Lipinski definition) is 0. The molecule has 0 aromatic rings. The van der Waals surface area contributed by atoms with Gasteiger partial charge >= 0.3 is 28.9 Å². The minimum absolute atomic E-state index is 0.00108. The Balaban J connectivity index is 1.73. The predicted octanol–water partition coefficient (Wildman–Crippen LogP) is -1.12. The van der Waals surface area contributed by atoms with Gasteiger partial charge in [-0.15, -0.1) is 0 Å². The van der Waals surface area contributed by atoms with Crippen molar-refractivity contribution in [2.45, 2.75) is 24.4 Å². The molecule has 6 unspecified atom stereocenters. The van der Waals surface area contributed by atoms with Crippen molar-refractivity contribution in [3.63, 3.8) is 0 Å². The quantitative estimate of drug-likeness (QED) is 0.586. The first-order valence-electron chi connectivity index (χ1n) is 4.95. The number of carbonyl (C=O) groups is 1. The molecule has 3 heterocycles. The molecule has 102 valence electrons. The minimum Gasteiger partial charge on any atom is -0.424 e. The zero-order chi connectivity index (χ0) is 12.7. The van der Waals surface area contributed by atoms with Gasteiger partial charge in [0.05, 0.1) is 13.2 Å². The maximum atomic E-state index is 11.2. The molecule has 0 bridgehead atoms. The standard InChI is InChI=1S/C7H8O9S2/c8-7-13-5(3-1-11-17(9)15-3)6(14-7)4-2-12-18(10)16-4/h3-6H,1-2H2. The lowest BCUT2D eigenvalue weighted by Crippen LogP contribution is -2.44. The summed E-state index contributed by atoms with van der Waals surface area (Å²) >= 11 is -3.73. The molecular formula is C7H8O9S2. The molecule has 0 saturated carbocycles. The maximum absolute atomic E-state index is 11.2. The summed E-state index contributed by atoms with van der Waals surface area (Å²) < 4.78 is 51.0. The predicted molar refractivity (Wildman–Crippen MR) is 53.1 cm³/mol. The monoisotopic (exact) mass is 300 g/mol.